The Morgan fingerprint density at radius 2 is 2.00 bits per heavy atom. The fraction of sp³-hybridized carbons (Fsp3) is 0.294. The first kappa shape index (κ1) is 15.0. The molecule has 4 nitrogen and oxygen atoms in total. The smallest absolute Gasteiger partial charge is 0.270 e. The van der Waals surface area contributed by atoms with E-state index in [4.69, 9.17) is 0 Å². The standard InChI is InChI=1S/C17H21N3O/c1-2-3-10-18-15-9-11-19-16(12-15)17(21)20-13-14-7-5-4-6-8-14/h4-9,11-12H,2-3,10,13H2,1H3,(H,18,19)(H,20,21). The molecule has 0 saturated carbocycles. The molecule has 2 N–H and O–H groups in total. The van der Waals surface area contributed by atoms with Gasteiger partial charge in [0, 0.05) is 25.0 Å². The summed E-state index contributed by atoms with van der Waals surface area (Å²) < 4.78 is 0. The molecule has 2 rings (SSSR count). The lowest BCUT2D eigenvalue weighted by atomic mass is 10.2. The Morgan fingerprint density at radius 3 is 2.76 bits per heavy atom. The minimum atomic E-state index is -0.155. The highest BCUT2D eigenvalue weighted by atomic mass is 16.1. The van der Waals surface area contributed by atoms with Gasteiger partial charge in [0.15, 0.2) is 0 Å². The molecular weight excluding hydrogens is 262 g/mol. The summed E-state index contributed by atoms with van der Waals surface area (Å²) in [6.07, 6.45) is 3.91. The minimum Gasteiger partial charge on any atom is -0.385 e. The molecule has 1 aromatic heterocycles. The van der Waals surface area contributed by atoms with E-state index in [9.17, 15) is 4.79 Å². The van der Waals surface area contributed by atoms with E-state index in [-0.39, 0.29) is 5.91 Å². The average molecular weight is 283 g/mol. The Kier molecular flexibility index (Phi) is 5.76. The molecule has 2 aromatic rings. The lowest BCUT2D eigenvalue weighted by Crippen LogP contribution is -2.23. The van der Waals surface area contributed by atoms with Gasteiger partial charge in [-0.2, -0.15) is 0 Å². The van der Waals surface area contributed by atoms with Crippen molar-refractivity contribution in [1.82, 2.24) is 10.3 Å². The maximum atomic E-state index is 12.1. The summed E-state index contributed by atoms with van der Waals surface area (Å²) in [6, 6.07) is 13.5. The zero-order chi connectivity index (χ0) is 14.9. The second kappa shape index (κ2) is 8.04. The summed E-state index contributed by atoms with van der Waals surface area (Å²) in [5.41, 5.74) is 2.44. The number of hydrogen-bond acceptors (Lipinski definition) is 3. The molecule has 0 spiro atoms. The third-order valence-electron chi connectivity index (χ3n) is 3.15. The SMILES string of the molecule is CCCCNc1ccnc(C(=O)NCc2ccccc2)c1. The van der Waals surface area contributed by atoms with Crippen molar-refractivity contribution in [3.05, 3.63) is 59.9 Å². The van der Waals surface area contributed by atoms with Crippen molar-refractivity contribution >= 4 is 11.6 Å². The zero-order valence-electron chi connectivity index (χ0n) is 12.3. The molecule has 21 heavy (non-hydrogen) atoms. The van der Waals surface area contributed by atoms with Crippen LogP contribution in [0.2, 0.25) is 0 Å². The van der Waals surface area contributed by atoms with Crippen molar-refractivity contribution < 1.29 is 4.79 Å². The average Bonchev–Trinajstić information content (AvgIpc) is 2.54. The van der Waals surface area contributed by atoms with Crippen LogP contribution in [0.1, 0.15) is 35.8 Å². The number of aromatic nitrogens is 1. The Labute approximate surface area is 125 Å². The molecule has 0 atom stereocenters. The van der Waals surface area contributed by atoms with Crippen LogP contribution in [-0.4, -0.2) is 17.4 Å². The van der Waals surface area contributed by atoms with E-state index < -0.39 is 0 Å². The van der Waals surface area contributed by atoms with E-state index >= 15 is 0 Å². The number of pyridine rings is 1. The molecule has 1 aromatic carbocycles. The van der Waals surface area contributed by atoms with E-state index in [1.165, 1.54) is 0 Å². The number of carbonyl (C=O) groups is 1. The van der Waals surface area contributed by atoms with Crippen LogP contribution in [-0.2, 0) is 6.54 Å². The zero-order valence-corrected chi connectivity index (χ0v) is 12.3. The molecule has 0 bridgehead atoms. The lowest BCUT2D eigenvalue weighted by Gasteiger charge is -2.08. The largest absolute Gasteiger partial charge is 0.385 e. The second-order valence-electron chi connectivity index (χ2n) is 4.88. The third kappa shape index (κ3) is 4.91. The first-order valence-electron chi connectivity index (χ1n) is 7.31. The summed E-state index contributed by atoms with van der Waals surface area (Å²) in [4.78, 5) is 16.2. The van der Waals surface area contributed by atoms with Gasteiger partial charge in [0.05, 0.1) is 0 Å². The highest BCUT2D eigenvalue weighted by molar-refractivity contribution is 5.93. The highest BCUT2D eigenvalue weighted by Crippen LogP contribution is 2.08. The number of carbonyl (C=O) groups excluding carboxylic acids is 1. The third-order valence-corrected chi connectivity index (χ3v) is 3.15. The number of benzene rings is 1. The lowest BCUT2D eigenvalue weighted by molar-refractivity contribution is 0.0946. The van der Waals surface area contributed by atoms with Gasteiger partial charge in [-0.1, -0.05) is 43.7 Å². The highest BCUT2D eigenvalue weighted by Gasteiger charge is 2.07. The molecule has 0 radical (unpaired) electrons. The van der Waals surface area contributed by atoms with E-state index in [1.54, 1.807) is 12.3 Å². The minimum absolute atomic E-state index is 0.155. The van der Waals surface area contributed by atoms with Crippen LogP contribution in [0.25, 0.3) is 0 Å². The molecule has 0 aliphatic carbocycles. The molecule has 0 saturated heterocycles. The Bertz CT molecular complexity index is 569. The van der Waals surface area contributed by atoms with E-state index in [0.717, 1.165) is 30.6 Å². The van der Waals surface area contributed by atoms with Gasteiger partial charge in [0.2, 0.25) is 0 Å². The summed E-state index contributed by atoms with van der Waals surface area (Å²) in [7, 11) is 0. The first-order valence-corrected chi connectivity index (χ1v) is 7.31. The quantitative estimate of drug-likeness (QED) is 0.767. The fourth-order valence-electron chi connectivity index (χ4n) is 1.94. The molecule has 0 unspecified atom stereocenters. The van der Waals surface area contributed by atoms with Crippen molar-refractivity contribution in [2.45, 2.75) is 26.3 Å². The number of anilines is 1. The van der Waals surface area contributed by atoms with Gasteiger partial charge >= 0.3 is 0 Å². The number of amides is 1. The molecule has 0 aliphatic rings. The van der Waals surface area contributed by atoms with Gasteiger partial charge in [-0.05, 0) is 24.1 Å². The van der Waals surface area contributed by atoms with Crippen LogP contribution in [0.3, 0.4) is 0 Å². The Balaban J connectivity index is 1.91. The van der Waals surface area contributed by atoms with Gasteiger partial charge < -0.3 is 10.6 Å². The predicted molar refractivity (Wildman–Crippen MR) is 85.2 cm³/mol. The molecule has 1 amide bonds. The van der Waals surface area contributed by atoms with Gasteiger partial charge in [0.1, 0.15) is 5.69 Å². The normalized spacial score (nSPS) is 10.1. The predicted octanol–water partition coefficient (Wildman–Crippen LogP) is 3.22. The Morgan fingerprint density at radius 1 is 1.19 bits per heavy atom. The monoisotopic (exact) mass is 283 g/mol. The molecule has 4 heteroatoms. The van der Waals surface area contributed by atoms with E-state index in [0.29, 0.717) is 12.2 Å². The van der Waals surface area contributed by atoms with Crippen molar-refractivity contribution in [1.29, 1.82) is 0 Å². The van der Waals surface area contributed by atoms with Crippen LogP contribution >= 0.6 is 0 Å². The molecule has 110 valence electrons. The summed E-state index contributed by atoms with van der Waals surface area (Å²) >= 11 is 0. The maximum absolute atomic E-state index is 12.1. The molecule has 0 aliphatic heterocycles. The number of nitrogens with zero attached hydrogens (tertiary/aromatic N) is 1. The van der Waals surface area contributed by atoms with Crippen LogP contribution in [0.15, 0.2) is 48.7 Å². The molecule has 0 fully saturated rings. The van der Waals surface area contributed by atoms with Crippen LogP contribution in [0, 0.1) is 0 Å². The number of nitrogens with one attached hydrogen (secondary N) is 2. The maximum Gasteiger partial charge on any atom is 0.270 e. The van der Waals surface area contributed by atoms with Crippen molar-refractivity contribution in [3.63, 3.8) is 0 Å². The Hall–Kier alpha value is -2.36. The van der Waals surface area contributed by atoms with E-state index in [1.807, 2.05) is 36.4 Å². The van der Waals surface area contributed by atoms with E-state index in [2.05, 4.69) is 22.5 Å². The van der Waals surface area contributed by atoms with Gasteiger partial charge in [-0.25, -0.2) is 0 Å². The van der Waals surface area contributed by atoms with Gasteiger partial charge in [0.25, 0.3) is 5.91 Å². The topological polar surface area (TPSA) is 54.0 Å². The van der Waals surface area contributed by atoms with Crippen LogP contribution in [0.4, 0.5) is 5.69 Å². The van der Waals surface area contributed by atoms with Crippen molar-refractivity contribution in [2.24, 2.45) is 0 Å². The summed E-state index contributed by atoms with van der Waals surface area (Å²) in [6.45, 7) is 3.57. The summed E-state index contributed by atoms with van der Waals surface area (Å²) in [5.74, 6) is -0.155. The number of rotatable bonds is 7. The fourth-order valence-corrected chi connectivity index (χ4v) is 1.94. The van der Waals surface area contributed by atoms with Gasteiger partial charge in [-0.15, -0.1) is 0 Å². The molecular formula is C17H21N3O. The van der Waals surface area contributed by atoms with Crippen molar-refractivity contribution in [2.75, 3.05) is 11.9 Å². The second-order valence-corrected chi connectivity index (χ2v) is 4.88. The number of unbranched alkanes of at least 4 members (excludes halogenated alkanes) is 1. The van der Waals surface area contributed by atoms with Crippen LogP contribution < -0.4 is 10.6 Å². The number of hydrogen-bond donors (Lipinski definition) is 2. The molecule has 1 heterocycles. The summed E-state index contributed by atoms with van der Waals surface area (Å²) in [5, 5.41) is 6.18. The van der Waals surface area contributed by atoms with Crippen molar-refractivity contribution in [3.8, 4) is 0 Å². The van der Waals surface area contributed by atoms with Crippen LogP contribution in [0.5, 0.6) is 0 Å². The first-order chi connectivity index (χ1) is 10.3. The van der Waals surface area contributed by atoms with Gasteiger partial charge in [-0.3, -0.25) is 9.78 Å².